The second-order valence-corrected chi connectivity index (χ2v) is 10.3. The summed E-state index contributed by atoms with van der Waals surface area (Å²) < 4.78 is 0.241. The van der Waals surface area contributed by atoms with Crippen LogP contribution in [0.3, 0.4) is 0 Å². The van der Waals surface area contributed by atoms with Gasteiger partial charge in [-0.05, 0) is 6.42 Å². The van der Waals surface area contributed by atoms with E-state index in [9.17, 15) is 24.9 Å². The Morgan fingerprint density at radius 1 is 0.839 bits per heavy atom. The summed E-state index contributed by atoms with van der Waals surface area (Å²) in [5.74, 6) is -2.08. The van der Waals surface area contributed by atoms with Crippen LogP contribution >= 0.6 is 0 Å². The molecule has 6 heteroatoms. The predicted molar refractivity (Wildman–Crippen MR) is 123 cm³/mol. The van der Waals surface area contributed by atoms with Crippen molar-refractivity contribution in [2.75, 3.05) is 27.7 Å². The zero-order valence-electron chi connectivity index (χ0n) is 20.7. The van der Waals surface area contributed by atoms with Crippen molar-refractivity contribution >= 4 is 11.8 Å². The molecule has 0 rings (SSSR count). The Morgan fingerprint density at radius 3 is 1.65 bits per heavy atom. The Bertz CT molecular complexity index is 489. The number of carbonyl (C=O) groups is 2. The Kier molecular flexibility index (Phi) is 16.1. The van der Waals surface area contributed by atoms with Crippen LogP contribution in [-0.2, 0) is 9.59 Å². The van der Waals surface area contributed by atoms with E-state index in [4.69, 9.17) is 0 Å². The van der Waals surface area contributed by atoms with Crippen LogP contribution in [0.5, 0.6) is 0 Å². The van der Waals surface area contributed by atoms with Gasteiger partial charge in [-0.3, -0.25) is 4.79 Å². The minimum absolute atomic E-state index is 0.0364. The van der Waals surface area contributed by atoms with Crippen molar-refractivity contribution in [3.63, 3.8) is 0 Å². The lowest BCUT2D eigenvalue weighted by atomic mass is 9.88. The Balaban J connectivity index is 3.93. The summed E-state index contributed by atoms with van der Waals surface area (Å²) in [6.07, 6.45) is 14.9. The molecular weight excluding hydrogens is 394 g/mol. The second-order valence-electron chi connectivity index (χ2n) is 10.3. The minimum Gasteiger partial charge on any atom is -0.550 e. The quantitative estimate of drug-likeness (QED) is 0.209. The highest BCUT2D eigenvalue weighted by Crippen LogP contribution is 2.20. The zero-order chi connectivity index (χ0) is 23.8. The van der Waals surface area contributed by atoms with Crippen molar-refractivity contribution in [1.82, 2.24) is 0 Å². The lowest BCUT2D eigenvalue weighted by Crippen LogP contribution is -2.56. The highest BCUT2D eigenvalue weighted by Gasteiger charge is 2.41. The van der Waals surface area contributed by atoms with Crippen molar-refractivity contribution in [2.24, 2.45) is 0 Å². The van der Waals surface area contributed by atoms with E-state index in [1.54, 1.807) is 21.1 Å². The number of carboxylic acid groups (broad SMARTS) is 1. The first-order valence-corrected chi connectivity index (χ1v) is 12.4. The highest BCUT2D eigenvalue weighted by atomic mass is 16.4. The van der Waals surface area contributed by atoms with Crippen LogP contribution in [0.2, 0.25) is 0 Å². The third kappa shape index (κ3) is 17.3. The molecule has 2 atom stereocenters. The number of aliphatic carboxylic acids is 1. The molecule has 1 unspecified atom stereocenters. The van der Waals surface area contributed by atoms with Gasteiger partial charge in [0, 0.05) is 18.8 Å². The van der Waals surface area contributed by atoms with Crippen molar-refractivity contribution < 1.29 is 29.4 Å². The summed E-state index contributed by atoms with van der Waals surface area (Å²) in [6.45, 7) is 2.21. The molecule has 6 nitrogen and oxygen atoms in total. The molecule has 0 bridgehead atoms. The maximum Gasteiger partial charge on any atom is 0.177 e. The van der Waals surface area contributed by atoms with Gasteiger partial charge in [0.1, 0.15) is 6.54 Å². The van der Waals surface area contributed by atoms with E-state index in [2.05, 4.69) is 6.92 Å². The molecule has 31 heavy (non-hydrogen) atoms. The molecule has 0 aliphatic carbocycles. The average Bonchev–Trinajstić information content (AvgIpc) is 2.63. The number of aliphatic hydroxyl groups excluding tert-OH is 1. The fourth-order valence-corrected chi connectivity index (χ4v) is 4.17. The maximum atomic E-state index is 12.5. The van der Waals surface area contributed by atoms with Gasteiger partial charge in [-0.25, -0.2) is 0 Å². The van der Waals surface area contributed by atoms with Crippen LogP contribution in [0.15, 0.2) is 0 Å². The van der Waals surface area contributed by atoms with E-state index in [1.165, 1.54) is 64.2 Å². The maximum absolute atomic E-state index is 12.5. The number of carboxylic acids is 1. The number of carbonyl (C=O) groups excluding carboxylic acids is 2. The summed E-state index contributed by atoms with van der Waals surface area (Å²) in [5, 5.41) is 31.8. The first-order chi connectivity index (χ1) is 14.5. The van der Waals surface area contributed by atoms with Crippen molar-refractivity contribution in [3.8, 4) is 0 Å². The number of unbranched alkanes of at least 4 members (excludes halogenated alkanes) is 12. The number of hydrogen-bond donors (Lipinski definition) is 2. The minimum atomic E-state index is -2.01. The molecule has 0 saturated carbocycles. The number of rotatable bonds is 21. The number of aliphatic hydroxyl groups is 2. The van der Waals surface area contributed by atoms with Crippen molar-refractivity contribution in [2.45, 2.75) is 121 Å². The standard InChI is InChI=1S/C25H49NO5/c1-5-6-7-8-9-10-11-12-13-14-15-16-17-18-22(27)19-23(28)25(31,20-24(29)30)21-26(2,3)4/h22,27,31H,5-21H2,1-4H3/t22?,25-/m1/s1. The van der Waals surface area contributed by atoms with E-state index in [1.807, 2.05) is 0 Å². The molecule has 0 heterocycles. The molecule has 0 fully saturated rings. The molecule has 0 radical (unpaired) electrons. The van der Waals surface area contributed by atoms with Crippen LogP contribution in [0, 0.1) is 0 Å². The Morgan fingerprint density at radius 2 is 1.26 bits per heavy atom. The van der Waals surface area contributed by atoms with E-state index in [0.29, 0.717) is 6.42 Å². The Labute approximate surface area is 190 Å². The number of quaternary nitrogens is 1. The van der Waals surface area contributed by atoms with Gasteiger partial charge in [-0.15, -0.1) is 0 Å². The fourth-order valence-electron chi connectivity index (χ4n) is 4.17. The van der Waals surface area contributed by atoms with Gasteiger partial charge in [0.15, 0.2) is 11.4 Å². The van der Waals surface area contributed by atoms with E-state index in [0.717, 1.165) is 19.3 Å². The van der Waals surface area contributed by atoms with Gasteiger partial charge in [-0.1, -0.05) is 90.4 Å². The molecule has 0 aromatic heterocycles. The summed E-state index contributed by atoms with van der Waals surface area (Å²) in [5.41, 5.74) is -2.01. The number of likely N-dealkylation sites (N-methyl/N-ethyl adjacent to an activating group) is 1. The number of hydrogen-bond acceptors (Lipinski definition) is 5. The predicted octanol–water partition coefficient (Wildman–Crippen LogP) is 3.37. The lowest BCUT2D eigenvalue weighted by molar-refractivity contribution is -0.875. The largest absolute Gasteiger partial charge is 0.550 e. The highest BCUT2D eigenvalue weighted by molar-refractivity contribution is 5.91. The normalized spacial score (nSPS) is 14.9. The molecule has 0 aliphatic heterocycles. The van der Waals surface area contributed by atoms with Crippen molar-refractivity contribution in [1.29, 1.82) is 0 Å². The summed E-state index contributed by atoms with van der Waals surface area (Å²) in [7, 11) is 5.33. The van der Waals surface area contributed by atoms with Gasteiger partial charge in [0.05, 0.1) is 27.2 Å². The topological polar surface area (TPSA) is 97.7 Å². The van der Waals surface area contributed by atoms with E-state index < -0.39 is 29.9 Å². The Hall–Kier alpha value is -0.980. The average molecular weight is 444 g/mol. The van der Waals surface area contributed by atoms with Gasteiger partial charge >= 0.3 is 0 Å². The molecule has 0 aromatic rings. The second kappa shape index (κ2) is 16.6. The van der Waals surface area contributed by atoms with Crippen LogP contribution in [0.4, 0.5) is 0 Å². The van der Waals surface area contributed by atoms with Gasteiger partial charge in [0.2, 0.25) is 0 Å². The van der Waals surface area contributed by atoms with Gasteiger partial charge in [-0.2, -0.15) is 0 Å². The van der Waals surface area contributed by atoms with Crippen LogP contribution < -0.4 is 5.11 Å². The van der Waals surface area contributed by atoms with Crippen molar-refractivity contribution in [3.05, 3.63) is 0 Å². The molecule has 0 amide bonds. The SMILES string of the molecule is CCCCCCCCCCCCCCCC(O)CC(=O)[C@@](O)(CC(=O)[O-])C[N+](C)(C)C. The van der Waals surface area contributed by atoms with Crippen LogP contribution in [0.25, 0.3) is 0 Å². The van der Waals surface area contributed by atoms with Crippen LogP contribution in [-0.4, -0.2) is 65.8 Å². The third-order valence-electron chi connectivity index (χ3n) is 5.75. The monoisotopic (exact) mass is 443 g/mol. The zero-order valence-corrected chi connectivity index (χ0v) is 20.7. The third-order valence-corrected chi connectivity index (χ3v) is 5.75. The lowest BCUT2D eigenvalue weighted by Gasteiger charge is -2.35. The number of Topliss-reactive ketones (excluding diaryl/α,β-unsaturated/α-hetero) is 1. The summed E-state index contributed by atoms with van der Waals surface area (Å²) >= 11 is 0. The fraction of sp³-hybridized carbons (Fsp3) is 0.920. The molecule has 0 saturated heterocycles. The molecule has 2 N–H and O–H groups in total. The van der Waals surface area contributed by atoms with Gasteiger partial charge < -0.3 is 24.6 Å². The first kappa shape index (κ1) is 30.0. The van der Waals surface area contributed by atoms with Gasteiger partial charge in [0.25, 0.3) is 0 Å². The summed E-state index contributed by atoms with van der Waals surface area (Å²) in [4.78, 5) is 23.5. The molecule has 184 valence electrons. The molecule has 0 aliphatic rings. The smallest absolute Gasteiger partial charge is 0.177 e. The summed E-state index contributed by atoms with van der Waals surface area (Å²) in [6, 6.07) is 0. The molecular formula is C25H49NO5. The number of ketones is 1. The first-order valence-electron chi connectivity index (χ1n) is 12.4. The van der Waals surface area contributed by atoms with E-state index in [-0.39, 0.29) is 17.4 Å². The van der Waals surface area contributed by atoms with E-state index >= 15 is 0 Å². The van der Waals surface area contributed by atoms with Crippen LogP contribution in [0.1, 0.15) is 110 Å². The molecule has 0 spiro atoms. The molecule has 0 aromatic carbocycles. The number of nitrogens with zero attached hydrogens (tertiary/aromatic N) is 1.